The highest BCUT2D eigenvalue weighted by Gasteiger charge is 2.05. The maximum Gasteiger partial charge on any atom is 0.313 e. The van der Waals surface area contributed by atoms with Crippen molar-refractivity contribution in [2.75, 3.05) is 0 Å². The van der Waals surface area contributed by atoms with Crippen molar-refractivity contribution >= 4 is 11.4 Å². The van der Waals surface area contributed by atoms with Crippen molar-refractivity contribution in [3.63, 3.8) is 0 Å². The summed E-state index contributed by atoms with van der Waals surface area (Å²) in [5.74, 6) is 0. The van der Waals surface area contributed by atoms with Crippen LogP contribution in [0, 0.1) is 49.3 Å². The molecule has 0 saturated carbocycles. The van der Waals surface area contributed by atoms with Crippen LogP contribution in [0.5, 0.6) is 0 Å². The molecule has 8 nitrogen and oxygen atoms in total. The van der Waals surface area contributed by atoms with Crippen molar-refractivity contribution in [2.45, 2.75) is 0 Å². The fraction of sp³-hybridized carbons (Fsp3) is 0. The number of nitrogens with zero attached hydrogens (tertiary/aromatic N) is 4. The van der Waals surface area contributed by atoms with Crippen LogP contribution in [0.4, 0.5) is 0 Å². The predicted molar refractivity (Wildman–Crippen MR) is 58.1 cm³/mol. The smallest absolute Gasteiger partial charge is 0.313 e. The SMILES string of the molecule is N#CC(=c1[c-]cc(=C(C#N)[N+](=O)[O-])cc1)N([O-])[O-]. The zero-order valence-corrected chi connectivity index (χ0v) is 8.65. The summed E-state index contributed by atoms with van der Waals surface area (Å²) < 4.78 is 0. The number of hydrogen-bond acceptors (Lipinski definition) is 7. The first-order chi connectivity index (χ1) is 8.51. The molecule has 0 unspecified atom stereocenters. The van der Waals surface area contributed by atoms with E-state index in [4.69, 9.17) is 10.5 Å². The monoisotopic (exact) mass is 243 g/mol. The van der Waals surface area contributed by atoms with Gasteiger partial charge in [-0.25, -0.2) is 5.26 Å². The first-order valence-corrected chi connectivity index (χ1v) is 4.36. The minimum atomic E-state index is -0.881. The Morgan fingerprint density at radius 1 is 1.33 bits per heavy atom. The normalized spacial score (nSPS) is 12.9. The van der Waals surface area contributed by atoms with Crippen LogP contribution in [0.2, 0.25) is 0 Å². The van der Waals surface area contributed by atoms with E-state index in [1.165, 1.54) is 12.1 Å². The summed E-state index contributed by atoms with van der Waals surface area (Å²) in [4.78, 5) is 9.61. The van der Waals surface area contributed by atoms with Crippen molar-refractivity contribution in [1.82, 2.24) is 5.23 Å². The van der Waals surface area contributed by atoms with E-state index in [9.17, 15) is 20.5 Å². The van der Waals surface area contributed by atoms with Crippen molar-refractivity contribution in [3.8, 4) is 12.1 Å². The van der Waals surface area contributed by atoms with Gasteiger partial charge in [0.25, 0.3) is 0 Å². The second-order valence-electron chi connectivity index (χ2n) is 2.93. The lowest BCUT2D eigenvalue weighted by atomic mass is 10.2. The molecule has 18 heavy (non-hydrogen) atoms. The highest BCUT2D eigenvalue weighted by Crippen LogP contribution is 1.96. The molecule has 0 spiro atoms. The lowest BCUT2D eigenvalue weighted by Gasteiger charge is -2.40. The summed E-state index contributed by atoms with van der Waals surface area (Å²) in [6.07, 6.45) is 0. The van der Waals surface area contributed by atoms with E-state index in [1.54, 1.807) is 0 Å². The van der Waals surface area contributed by atoms with Gasteiger partial charge in [-0.2, -0.15) is 5.26 Å². The third-order valence-corrected chi connectivity index (χ3v) is 1.92. The fourth-order valence-electron chi connectivity index (χ4n) is 1.13. The minimum absolute atomic E-state index is 0.0353. The molecule has 0 N–H and O–H groups in total. The molecule has 1 rings (SSSR count). The van der Waals surface area contributed by atoms with E-state index in [-0.39, 0.29) is 10.4 Å². The van der Waals surface area contributed by atoms with Crippen LogP contribution in [-0.4, -0.2) is 10.1 Å². The van der Waals surface area contributed by atoms with E-state index in [0.29, 0.717) is 0 Å². The van der Waals surface area contributed by atoms with Crippen LogP contribution in [0.25, 0.3) is 11.4 Å². The highest BCUT2D eigenvalue weighted by atomic mass is 16.8. The molecule has 0 heterocycles. The van der Waals surface area contributed by atoms with Gasteiger partial charge in [-0.05, 0) is 5.22 Å². The van der Waals surface area contributed by atoms with E-state index in [1.807, 2.05) is 0 Å². The van der Waals surface area contributed by atoms with Gasteiger partial charge in [-0.15, -0.1) is 29.5 Å². The number of hydrogen-bond donors (Lipinski definition) is 0. The Hall–Kier alpha value is -2.94. The quantitative estimate of drug-likeness (QED) is 0.380. The van der Waals surface area contributed by atoms with Crippen LogP contribution in [0.1, 0.15) is 0 Å². The topological polar surface area (TPSA) is 140 Å². The first-order valence-electron chi connectivity index (χ1n) is 4.36. The highest BCUT2D eigenvalue weighted by molar-refractivity contribution is 5.59. The van der Waals surface area contributed by atoms with Crippen molar-refractivity contribution in [1.29, 1.82) is 10.5 Å². The van der Waals surface area contributed by atoms with Gasteiger partial charge in [-0.3, -0.25) is 10.1 Å². The van der Waals surface area contributed by atoms with E-state index >= 15 is 0 Å². The molecule has 0 bridgehead atoms. The maximum atomic E-state index is 10.5. The van der Waals surface area contributed by atoms with Gasteiger partial charge in [0.1, 0.15) is 0 Å². The van der Waals surface area contributed by atoms with Gasteiger partial charge in [-0.1, -0.05) is 0 Å². The molecule has 0 aliphatic heterocycles. The molecule has 1 aromatic carbocycles. The van der Waals surface area contributed by atoms with E-state index < -0.39 is 21.5 Å². The first kappa shape index (κ1) is 13.1. The number of nitro groups is 1. The summed E-state index contributed by atoms with van der Waals surface area (Å²) >= 11 is 0. The van der Waals surface area contributed by atoms with Crippen molar-refractivity contribution in [3.05, 3.63) is 55.2 Å². The predicted octanol–water partition coefficient (Wildman–Crippen LogP) is -0.675. The van der Waals surface area contributed by atoms with Gasteiger partial charge < -0.3 is 15.6 Å². The summed E-state index contributed by atoms with van der Waals surface area (Å²) in [5.41, 5.74) is -1.42. The Morgan fingerprint density at radius 3 is 2.33 bits per heavy atom. The standard InChI is InChI=1S/C10H3N4O4/c11-5-9(13(15)16)7-1-2-8(4-3-7)10(6-12)14(17)18/h1-3H/q-3. The Balaban J connectivity index is 3.55. The lowest BCUT2D eigenvalue weighted by molar-refractivity contribution is -0.374. The Kier molecular flexibility index (Phi) is 3.94. The van der Waals surface area contributed by atoms with Crippen LogP contribution >= 0.6 is 0 Å². The average Bonchev–Trinajstić information content (AvgIpc) is 2.32. The molecule has 0 aromatic heterocycles. The van der Waals surface area contributed by atoms with Gasteiger partial charge in [0, 0.05) is 5.70 Å². The van der Waals surface area contributed by atoms with Gasteiger partial charge >= 0.3 is 5.70 Å². The molecule has 0 radical (unpaired) electrons. The Morgan fingerprint density at radius 2 is 2.00 bits per heavy atom. The van der Waals surface area contributed by atoms with E-state index in [2.05, 4.69) is 6.07 Å². The summed E-state index contributed by atoms with van der Waals surface area (Å²) in [6.45, 7) is 0. The molecule has 0 saturated heterocycles. The van der Waals surface area contributed by atoms with Crippen LogP contribution in [-0.2, 0) is 0 Å². The van der Waals surface area contributed by atoms with Crippen molar-refractivity contribution in [2.24, 2.45) is 0 Å². The molecule has 0 aliphatic carbocycles. The maximum absolute atomic E-state index is 10.5. The molecule has 0 fully saturated rings. The lowest BCUT2D eigenvalue weighted by Crippen LogP contribution is -2.19. The van der Waals surface area contributed by atoms with Crippen LogP contribution in [0.3, 0.4) is 0 Å². The molecule has 0 atom stereocenters. The number of benzene rings is 1. The molecule has 8 heteroatoms. The molecule has 0 amide bonds. The minimum Gasteiger partial charge on any atom is -0.778 e. The van der Waals surface area contributed by atoms with E-state index in [0.717, 1.165) is 18.2 Å². The molecule has 0 aliphatic rings. The van der Waals surface area contributed by atoms with Gasteiger partial charge in [0.15, 0.2) is 6.07 Å². The largest absolute Gasteiger partial charge is 0.778 e. The third kappa shape index (κ3) is 2.59. The zero-order valence-electron chi connectivity index (χ0n) is 8.65. The number of hydroxylamine groups is 2. The second kappa shape index (κ2) is 5.41. The molecule has 1 aromatic rings. The average molecular weight is 243 g/mol. The second-order valence-corrected chi connectivity index (χ2v) is 2.93. The van der Waals surface area contributed by atoms with Crippen LogP contribution < -0.4 is 10.4 Å². The zero-order chi connectivity index (χ0) is 13.7. The van der Waals surface area contributed by atoms with Crippen LogP contribution in [0.15, 0.2) is 18.2 Å². The Bertz CT molecular complexity index is 658. The van der Waals surface area contributed by atoms with Crippen molar-refractivity contribution < 1.29 is 4.92 Å². The third-order valence-electron chi connectivity index (χ3n) is 1.92. The molecule has 90 valence electrons. The fourth-order valence-corrected chi connectivity index (χ4v) is 1.13. The molecular formula is C10H3N4O4-3. The summed E-state index contributed by atoms with van der Waals surface area (Å²) in [7, 11) is 0. The molecular weight excluding hydrogens is 240 g/mol. The summed E-state index contributed by atoms with van der Waals surface area (Å²) in [5, 5.41) is 47.5. The van der Waals surface area contributed by atoms with Gasteiger partial charge in [0.05, 0.1) is 11.0 Å². The van der Waals surface area contributed by atoms with Gasteiger partial charge in [0.2, 0.25) is 0 Å². The number of rotatable bonds is 2. The number of nitriles is 2. The Labute approximate surface area is 100 Å². The summed E-state index contributed by atoms with van der Waals surface area (Å²) in [6, 6.07) is 8.46.